The highest BCUT2D eigenvalue weighted by Crippen LogP contribution is 2.39. The quantitative estimate of drug-likeness (QED) is 0.412. The van der Waals surface area contributed by atoms with Crippen molar-refractivity contribution < 1.29 is 0 Å². The van der Waals surface area contributed by atoms with Gasteiger partial charge in [-0.05, 0) is 46.7 Å². The van der Waals surface area contributed by atoms with E-state index in [0.717, 1.165) is 0 Å². The van der Waals surface area contributed by atoms with E-state index in [-0.39, 0.29) is 5.41 Å². The summed E-state index contributed by atoms with van der Waals surface area (Å²) in [4.78, 5) is 2.36. The zero-order valence-corrected chi connectivity index (χ0v) is 17.1. The predicted molar refractivity (Wildman–Crippen MR) is 126 cm³/mol. The molecule has 0 unspecified atom stereocenters. The van der Waals surface area contributed by atoms with Crippen LogP contribution in [-0.2, 0) is 5.41 Å². The summed E-state index contributed by atoms with van der Waals surface area (Å²) in [5.74, 6) is 0. The van der Waals surface area contributed by atoms with Crippen molar-refractivity contribution in [3.63, 3.8) is 0 Å². The van der Waals surface area contributed by atoms with Crippen LogP contribution >= 0.6 is 0 Å². The monoisotopic (exact) mass is 363 g/mol. The summed E-state index contributed by atoms with van der Waals surface area (Å²) < 4.78 is 0. The summed E-state index contributed by atoms with van der Waals surface area (Å²) in [6.45, 7) is 6.76. The first-order valence-corrected chi connectivity index (χ1v) is 9.88. The molecule has 138 valence electrons. The minimum atomic E-state index is 0.145. The summed E-state index contributed by atoms with van der Waals surface area (Å²) in [5.41, 5.74) is 6.30. The Hall–Kier alpha value is -3.00. The van der Waals surface area contributed by atoms with Crippen LogP contribution < -0.4 is 10.4 Å². The molecule has 0 saturated carbocycles. The van der Waals surface area contributed by atoms with Gasteiger partial charge in [-0.25, -0.2) is 0 Å². The third-order valence-corrected chi connectivity index (χ3v) is 5.29. The Balaban J connectivity index is 1.91. The minimum absolute atomic E-state index is 0.145. The second-order valence-electron chi connectivity index (χ2n) is 8.47. The first-order chi connectivity index (χ1) is 13.4. The molecule has 0 aromatic heterocycles. The third kappa shape index (κ3) is 3.55. The van der Waals surface area contributed by atoms with Crippen molar-refractivity contribution in [3.05, 3.63) is 96.6 Å². The normalized spacial score (nSPS) is 11.5. The Bertz CT molecular complexity index is 1080. The van der Waals surface area contributed by atoms with Crippen molar-refractivity contribution in [2.75, 3.05) is 4.90 Å². The molecule has 1 nitrogen and oxygen atoms in total. The van der Waals surface area contributed by atoms with Crippen molar-refractivity contribution in [2.45, 2.75) is 26.2 Å². The first kappa shape index (κ1) is 18.4. The lowest BCUT2D eigenvalue weighted by atomic mass is 9.87. The first-order valence-electron chi connectivity index (χ1n) is 9.88. The molecule has 0 aliphatic heterocycles. The van der Waals surface area contributed by atoms with Crippen molar-refractivity contribution in [1.82, 2.24) is 0 Å². The van der Waals surface area contributed by atoms with Crippen molar-refractivity contribution in [3.8, 4) is 0 Å². The second-order valence-corrected chi connectivity index (χ2v) is 8.47. The lowest BCUT2D eigenvalue weighted by Crippen LogP contribution is -2.14. The lowest BCUT2D eigenvalue weighted by molar-refractivity contribution is 0.590. The van der Waals surface area contributed by atoms with Crippen LogP contribution in [0.25, 0.3) is 10.8 Å². The van der Waals surface area contributed by atoms with Gasteiger partial charge >= 0.3 is 0 Å². The van der Waals surface area contributed by atoms with E-state index in [1.54, 1.807) is 0 Å². The van der Waals surface area contributed by atoms with E-state index in [9.17, 15) is 0 Å². The van der Waals surface area contributed by atoms with Crippen molar-refractivity contribution in [1.29, 1.82) is 0 Å². The van der Waals surface area contributed by atoms with Gasteiger partial charge in [0.05, 0.1) is 5.69 Å². The van der Waals surface area contributed by atoms with E-state index in [4.69, 9.17) is 0 Å². The van der Waals surface area contributed by atoms with Crippen LogP contribution in [-0.4, -0.2) is 7.85 Å². The van der Waals surface area contributed by atoms with Gasteiger partial charge in [0.25, 0.3) is 0 Å². The van der Waals surface area contributed by atoms with Crippen LogP contribution in [0.1, 0.15) is 26.3 Å². The number of anilines is 3. The van der Waals surface area contributed by atoms with Crippen LogP contribution in [0.2, 0.25) is 0 Å². The second kappa shape index (κ2) is 7.20. The smallest absolute Gasteiger partial charge is 0.139 e. The third-order valence-electron chi connectivity index (χ3n) is 5.29. The molecule has 0 fully saturated rings. The molecule has 0 amide bonds. The van der Waals surface area contributed by atoms with Gasteiger partial charge in [-0.2, -0.15) is 0 Å². The average Bonchev–Trinajstić information content (AvgIpc) is 2.70. The lowest BCUT2D eigenvalue weighted by Gasteiger charge is -2.28. The zero-order valence-electron chi connectivity index (χ0n) is 17.1. The van der Waals surface area contributed by atoms with E-state index in [1.807, 2.05) is 0 Å². The molecule has 4 aromatic rings. The molecular formula is C26H26BN. The number of rotatable bonds is 3. The Morgan fingerprint density at radius 1 is 0.643 bits per heavy atom. The summed E-state index contributed by atoms with van der Waals surface area (Å²) in [7, 11) is 2.13. The molecular weight excluding hydrogens is 337 g/mol. The molecule has 4 aromatic carbocycles. The molecule has 0 heterocycles. The van der Waals surface area contributed by atoms with Gasteiger partial charge in [-0.1, -0.05) is 86.9 Å². The summed E-state index contributed by atoms with van der Waals surface area (Å²) in [6, 6.07) is 32.9. The Morgan fingerprint density at radius 2 is 1.21 bits per heavy atom. The topological polar surface area (TPSA) is 3.24 Å². The van der Waals surface area contributed by atoms with Crippen LogP contribution in [0.5, 0.6) is 0 Å². The van der Waals surface area contributed by atoms with Gasteiger partial charge in [0.15, 0.2) is 0 Å². The van der Waals surface area contributed by atoms with Crippen LogP contribution in [0.3, 0.4) is 0 Å². The van der Waals surface area contributed by atoms with E-state index >= 15 is 0 Å². The van der Waals surface area contributed by atoms with Gasteiger partial charge in [-0.15, -0.1) is 0 Å². The fourth-order valence-electron chi connectivity index (χ4n) is 3.63. The number of nitrogens with zero attached hydrogens (tertiary/aromatic N) is 1. The summed E-state index contributed by atoms with van der Waals surface area (Å²) in [6.07, 6.45) is 0. The predicted octanol–water partition coefficient (Wildman–Crippen LogP) is 5.87. The molecule has 0 atom stereocenters. The van der Waals surface area contributed by atoms with E-state index < -0.39 is 0 Å². The van der Waals surface area contributed by atoms with E-state index in [2.05, 4.69) is 125 Å². The van der Waals surface area contributed by atoms with Crippen LogP contribution in [0.4, 0.5) is 17.1 Å². The van der Waals surface area contributed by atoms with Gasteiger partial charge in [-0.3, -0.25) is 0 Å². The number of fused-ring (bicyclic) bond motifs is 1. The standard InChI is InChI=1S/C26H26BN/c1-26(2,3)20-11-15-22(16-12-20)28(23-17-13-21(27)14-18-23)25-10-6-8-19-7-4-5-9-24(19)25/h4-18H,27H2,1-3H3. The van der Waals surface area contributed by atoms with Crippen molar-refractivity contribution >= 4 is 41.1 Å². The van der Waals surface area contributed by atoms with Crippen LogP contribution in [0.15, 0.2) is 91.0 Å². The van der Waals surface area contributed by atoms with Gasteiger partial charge in [0, 0.05) is 16.8 Å². The van der Waals surface area contributed by atoms with Gasteiger partial charge in [0.1, 0.15) is 7.85 Å². The molecule has 0 saturated heterocycles. The maximum atomic E-state index is 2.36. The molecule has 0 aliphatic carbocycles. The molecule has 0 radical (unpaired) electrons. The fourth-order valence-corrected chi connectivity index (χ4v) is 3.63. The molecule has 0 aliphatic rings. The molecule has 4 rings (SSSR count). The van der Waals surface area contributed by atoms with Crippen molar-refractivity contribution in [2.24, 2.45) is 0 Å². The number of benzene rings is 4. The highest BCUT2D eigenvalue weighted by Gasteiger charge is 2.17. The van der Waals surface area contributed by atoms with Gasteiger partial charge < -0.3 is 4.90 Å². The van der Waals surface area contributed by atoms with E-state index in [1.165, 1.54) is 38.9 Å². The number of hydrogen-bond donors (Lipinski definition) is 0. The highest BCUT2D eigenvalue weighted by atomic mass is 15.1. The maximum absolute atomic E-state index is 2.36. The van der Waals surface area contributed by atoms with Gasteiger partial charge in [0.2, 0.25) is 0 Å². The summed E-state index contributed by atoms with van der Waals surface area (Å²) in [5, 5.41) is 2.51. The Kier molecular flexibility index (Phi) is 4.72. The molecule has 0 bridgehead atoms. The fraction of sp³-hybridized carbons (Fsp3) is 0.154. The Labute approximate surface area is 169 Å². The Morgan fingerprint density at radius 3 is 1.86 bits per heavy atom. The largest absolute Gasteiger partial charge is 0.310 e. The average molecular weight is 363 g/mol. The molecule has 0 spiro atoms. The van der Waals surface area contributed by atoms with Crippen LogP contribution in [0, 0.1) is 0 Å². The summed E-state index contributed by atoms with van der Waals surface area (Å²) >= 11 is 0. The minimum Gasteiger partial charge on any atom is -0.310 e. The molecule has 0 N–H and O–H groups in total. The SMILES string of the molecule is Bc1ccc(N(c2ccc(C(C)(C)C)cc2)c2cccc3ccccc23)cc1. The molecule has 28 heavy (non-hydrogen) atoms. The zero-order chi connectivity index (χ0) is 19.7. The number of hydrogen-bond acceptors (Lipinski definition) is 1. The highest BCUT2D eigenvalue weighted by molar-refractivity contribution is 6.32. The maximum Gasteiger partial charge on any atom is 0.139 e. The molecule has 2 heteroatoms. The van der Waals surface area contributed by atoms with E-state index in [0.29, 0.717) is 0 Å².